The molecule has 20 heavy (non-hydrogen) atoms. The number of aryl methyl sites for hydroxylation is 2. The number of carbonyl (C=O) groups is 2. The second-order valence-corrected chi connectivity index (χ2v) is 5.86. The molecule has 0 saturated carbocycles. The first kappa shape index (κ1) is 16.6. The molecule has 5 nitrogen and oxygen atoms in total. The van der Waals surface area contributed by atoms with E-state index >= 15 is 0 Å². The summed E-state index contributed by atoms with van der Waals surface area (Å²) in [7, 11) is 0. The highest BCUT2D eigenvalue weighted by atomic mass is 32.1. The van der Waals surface area contributed by atoms with E-state index in [4.69, 9.17) is 5.11 Å². The van der Waals surface area contributed by atoms with Gasteiger partial charge in [0.15, 0.2) is 0 Å². The lowest BCUT2D eigenvalue weighted by Crippen LogP contribution is -2.40. The van der Waals surface area contributed by atoms with Crippen LogP contribution in [0.25, 0.3) is 0 Å². The second-order valence-electron chi connectivity index (χ2n) is 4.78. The zero-order valence-corrected chi connectivity index (χ0v) is 13.0. The van der Waals surface area contributed by atoms with Crippen LogP contribution in [0.2, 0.25) is 0 Å². The summed E-state index contributed by atoms with van der Waals surface area (Å²) < 4.78 is 0. The normalized spacial score (nSPS) is 12.2. The van der Waals surface area contributed by atoms with E-state index in [0.717, 1.165) is 30.7 Å². The Morgan fingerprint density at radius 1 is 1.35 bits per heavy atom. The fourth-order valence-corrected chi connectivity index (χ4v) is 2.94. The summed E-state index contributed by atoms with van der Waals surface area (Å²) in [4.78, 5) is 28.2. The fourth-order valence-electron chi connectivity index (χ4n) is 1.87. The molecular weight excluding hydrogens is 276 g/mol. The van der Waals surface area contributed by atoms with Crippen LogP contribution in [0.15, 0.2) is 0 Å². The van der Waals surface area contributed by atoms with E-state index in [-0.39, 0.29) is 5.91 Å². The highest BCUT2D eigenvalue weighted by molar-refractivity contribution is 7.13. The lowest BCUT2D eigenvalue weighted by Gasteiger charge is -2.13. The molecule has 112 valence electrons. The summed E-state index contributed by atoms with van der Waals surface area (Å²) in [6, 6.07) is -0.821. The van der Waals surface area contributed by atoms with Crippen LogP contribution >= 0.6 is 11.3 Å². The molecule has 0 saturated heterocycles. The molecule has 0 aliphatic rings. The van der Waals surface area contributed by atoms with Gasteiger partial charge < -0.3 is 10.4 Å². The summed E-state index contributed by atoms with van der Waals surface area (Å²) in [5, 5.41) is 12.6. The number of thiazole rings is 1. The molecule has 0 radical (unpaired) electrons. The van der Waals surface area contributed by atoms with Crippen molar-refractivity contribution >= 4 is 23.2 Å². The zero-order chi connectivity index (χ0) is 15.1. The molecule has 1 unspecified atom stereocenters. The second kappa shape index (κ2) is 7.99. The number of hydrogen-bond donors (Lipinski definition) is 2. The van der Waals surface area contributed by atoms with Crippen molar-refractivity contribution in [2.75, 3.05) is 0 Å². The van der Waals surface area contributed by atoms with Gasteiger partial charge in [0.05, 0.1) is 10.7 Å². The van der Waals surface area contributed by atoms with Gasteiger partial charge in [-0.3, -0.25) is 4.79 Å². The van der Waals surface area contributed by atoms with E-state index in [9.17, 15) is 9.59 Å². The van der Waals surface area contributed by atoms with Crippen LogP contribution in [0.3, 0.4) is 0 Å². The first-order valence-electron chi connectivity index (χ1n) is 6.99. The number of nitrogens with zero attached hydrogens (tertiary/aromatic N) is 1. The van der Waals surface area contributed by atoms with Crippen molar-refractivity contribution in [2.45, 2.75) is 58.9 Å². The van der Waals surface area contributed by atoms with Gasteiger partial charge in [0.2, 0.25) is 0 Å². The lowest BCUT2D eigenvalue weighted by atomic mass is 10.1. The summed E-state index contributed by atoms with van der Waals surface area (Å²) in [5.74, 6) is -1.31. The molecule has 0 bridgehead atoms. The molecular formula is C14H22N2O3S. The highest BCUT2D eigenvalue weighted by Gasteiger charge is 2.22. The fraction of sp³-hybridized carbons (Fsp3) is 0.643. The SMILES string of the molecule is CCCCC(NC(=O)c1sc(CCC)nc1C)C(=O)O. The molecule has 0 spiro atoms. The number of carboxylic acids is 1. The zero-order valence-electron chi connectivity index (χ0n) is 12.2. The van der Waals surface area contributed by atoms with Gasteiger partial charge in [-0.25, -0.2) is 9.78 Å². The van der Waals surface area contributed by atoms with Crippen LogP contribution in [0.1, 0.15) is 59.9 Å². The van der Waals surface area contributed by atoms with Crippen molar-refractivity contribution in [3.05, 3.63) is 15.6 Å². The Kier molecular flexibility index (Phi) is 6.64. The number of unbranched alkanes of at least 4 members (excludes halogenated alkanes) is 1. The number of hydrogen-bond acceptors (Lipinski definition) is 4. The minimum Gasteiger partial charge on any atom is -0.480 e. The number of rotatable bonds is 8. The summed E-state index contributed by atoms with van der Waals surface area (Å²) in [5.41, 5.74) is 0.676. The number of aromatic nitrogens is 1. The molecule has 0 aliphatic carbocycles. The van der Waals surface area contributed by atoms with E-state index in [0.29, 0.717) is 17.0 Å². The number of aliphatic carboxylic acids is 1. The Hall–Kier alpha value is -1.43. The minimum absolute atomic E-state index is 0.328. The van der Waals surface area contributed by atoms with Crippen LogP contribution in [-0.2, 0) is 11.2 Å². The monoisotopic (exact) mass is 298 g/mol. The van der Waals surface area contributed by atoms with Gasteiger partial charge in [-0.2, -0.15) is 0 Å². The minimum atomic E-state index is -0.984. The van der Waals surface area contributed by atoms with E-state index in [1.807, 2.05) is 6.92 Å². The third kappa shape index (κ3) is 4.59. The quantitative estimate of drug-likeness (QED) is 0.773. The van der Waals surface area contributed by atoms with Gasteiger partial charge >= 0.3 is 5.97 Å². The third-order valence-corrected chi connectivity index (χ3v) is 4.18. The van der Waals surface area contributed by atoms with Gasteiger partial charge in [-0.15, -0.1) is 11.3 Å². The van der Waals surface area contributed by atoms with E-state index < -0.39 is 12.0 Å². The Morgan fingerprint density at radius 3 is 2.60 bits per heavy atom. The van der Waals surface area contributed by atoms with Crippen LogP contribution in [0.5, 0.6) is 0 Å². The van der Waals surface area contributed by atoms with Crippen molar-refractivity contribution in [2.24, 2.45) is 0 Å². The van der Waals surface area contributed by atoms with E-state index in [1.54, 1.807) is 6.92 Å². The maximum atomic E-state index is 12.2. The van der Waals surface area contributed by atoms with Crippen molar-refractivity contribution in [1.82, 2.24) is 10.3 Å². The Balaban J connectivity index is 2.75. The average molecular weight is 298 g/mol. The first-order valence-corrected chi connectivity index (χ1v) is 7.81. The van der Waals surface area contributed by atoms with E-state index in [2.05, 4.69) is 17.2 Å². The molecule has 0 aromatic carbocycles. The standard InChI is InChI=1S/C14H22N2O3S/c1-4-6-8-10(14(18)19)16-13(17)12-9(3)15-11(20-12)7-5-2/h10H,4-8H2,1-3H3,(H,16,17)(H,18,19). The third-order valence-electron chi connectivity index (χ3n) is 2.96. The van der Waals surface area contributed by atoms with Crippen LogP contribution < -0.4 is 5.32 Å². The number of carbonyl (C=O) groups excluding carboxylic acids is 1. The topological polar surface area (TPSA) is 79.3 Å². The van der Waals surface area contributed by atoms with Crippen molar-refractivity contribution < 1.29 is 14.7 Å². The molecule has 0 fully saturated rings. The Labute approximate surface area is 123 Å². The van der Waals surface area contributed by atoms with Gasteiger partial charge in [0.25, 0.3) is 5.91 Å². The molecule has 1 amide bonds. The summed E-state index contributed by atoms with van der Waals surface area (Å²) >= 11 is 1.35. The largest absolute Gasteiger partial charge is 0.480 e. The number of nitrogens with one attached hydrogen (secondary N) is 1. The Bertz CT molecular complexity index is 471. The highest BCUT2D eigenvalue weighted by Crippen LogP contribution is 2.19. The van der Waals surface area contributed by atoms with Crippen molar-refractivity contribution in [3.8, 4) is 0 Å². The van der Waals surface area contributed by atoms with Gasteiger partial charge in [0, 0.05) is 0 Å². The van der Waals surface area contributed by atoms with E-state index in [1.165, 1.54) is 11.3 Å². The molecule has 1 heterocycles. The molecule has 2 N–H and O–H groups in total. The Morgan fingerprint density at radius 2 is 2.05 bits per heavy atom. The maximum absolute atomic E-state index is 12.2. The molecule has 1 aromatic heterocycles. The molecule has 6 heteroatoms. The van der Waals surface area contributed by atoms with Crippen LogP contribution in [-0.4, -0.2) is 28.0 Å². The number of carboxylic acid groups (broad SMARTS) is 1. The molecule has 1 rings (SSSR count). The van der Waals surface area contributed by atoms with Crippen molar-refractivity contribution in [3.63, 3.8) is 0 Å². The predicted octanol–water partition coefficient (Wildman–Crippen LogP) is 2.78. The van der Waals surface area contributed by atoms with Gasteiger partial charge in [-0.1, -0.05) is 26.7 Å². The average Bonchev–Trinajstić information content (AvgIpc) is 2.75. The van der Waals surface area contributed by atoms with Gasteiger partial charge in [0.1, 0.15) is 10.9 Å². The summed E-state index contributed by atoms with van der Waals surface area (Å²) in [6.45, 7) is 5.83. The first-order chi connectivity index (χ1) is 9.49. The molecule has 0 aliphatic heterocycles. The summed E-state index contributed by atoms with van der Waals surface area (Å²) in [6.07, 6.45) is 3.95. The lowest BCUT2D eigenvalue weighted by molar-refractivity contribution is -0.139. The molecule has 1 atom stereocenters. The van der Waals surface area contributed by atoms with Crippen LogP contribution in [0.4, 0.5) is 0 Å². The smallest absolute Gasteiger partial charge is 0.326 e. The maximum Gasteiger partial charge on any atom is 0.326 e. The number of amides is 1. The van der Waals surface area contributed by atoms with Crippen molar-refractivity contribution in [1.29, 1.82) is 0 Å². The van der Waals surface area contributed by atoms with Crippen LogP contribution in [0, 0.1) is 6.92 Å². The van der Waals surface area contributed by atoms with Gasteiger partial charge in [-0.05, 0) is 26.2 Å². The predicted molar refractivity (Wildman–Crippen MR) is 79.3 cm³/mol. The molecule has 1 aromatic rings.